The van der Waals surface area contributed by atoms with Crippen molar-refractivity contribution in [1.29, 1.82) is 0 Å². The SMILES string of the molecule is CNCCCc1cc(OC)ccc1O. The molecule has 2 N–H and O–H groups in total. The van der Waals surface area contributed by atoms with Crippen LogP contribution in [-0.2, 0) is 6.42 Å². The van der Waals surface area contributed by atoms with Crippen LogP contribution in [0.3, 0.4) is 0 Å². The van der Waals surface area contributed by atoms with Crippen LogP contribution in [0.15, 0.2) is 18.2 Å². The van der Waals surface area contributed by atoms with E-state index >= 15 is 0 Å². The summed E-state index contributed by atoms with van der Waals surface area (Å²) in [7, 11) is 3.55. The molecule has 78 valence electrons. The Morgan fingerprint density at radius 3 is 2.86 bits per heavy atom. The predicted octanol–water partition coefficient (Wildman–Crippen LogP) is 1.55. The fourth-order valence-electron chi connectivity index (χ4n) is 1.34. The van der Waals surface area contributed by atoms with Gasteiger partial charge in [-0.1, -0.05) is 0 Å². The highest BCUT2D eigenvalue weighted by Gasteiger charge is 2.02. The van der Waals surface area contributed by atoms with E-state index in [1.807, 2.05) is 13.1 Å². The second-order valence-corrected chi connectivity index (χ2v) is 3.20. The second-order valence-electron chi connectivity index (χ2n) is 3.20. The zero-order chi connectivity index (χ0) is 10.4. The van der Waals surface area contributed by atoms with Crippen molar-refractivity contribution in [1.82, 2.24) is 5.32 Å². The number of phenols is 1. The molecular weight excluding hydrogens is 178 g/mol. The van der Waals surface area contributed by atoms with Crippen LogP contribution in [-0.4, -0.2) is 25.8 Å². The standard InChI is InChI=1S/C11H17NO2/c1-12-7-3-4-9-8-10(14-2)5-6-11(9)13/h5-6,8,12-13H,3-4,7H2,1-2H3. The van der Waals surface area contributed by atoms with Crippen molar-refractivity contribution in [2.75, 3.05) is 20.7 Å². The lowest BCUT2D eigenvalue weighted by Crippen LogP contribution is -2.08. The van der Waals surface area contributed by atoms with Crippen LogP contribution in [0.4, 0.5) is 0 Å². The van der Waals surface area contributed by atoms with Crippen molar-refractivity contribution >= 4 is 0 Å². The third-order valence-electron chi connectivity index (χ3n) is 2.16. The molecule has 0 unspecified atom stereocenters. The first kappa shape index (κ1) is 10.9. The zero-order valence-corrected chi connectivity index (χ0v) is 8.71. The highest BCUT2D eigenvalue weighted by atomic mass is 16.5. The van der Waals surface area contributed by atoms with Crippen molar-refractivity contribution in [2.24, 2.45) is 0 Å². The van der Waals surface area contributed by atoms with Crippen LogP contribution in [0, 0.1) is 0 Å². The lowest BCUT2D eigenvalue weighted by atomic mass is 10.1. The lowest BCUT2D eigenvalue weighted by Gasteiger charge is -2.06. The van der Waals surface area contributed by atoms with E-state index in [2.05, 4.69) is 5.32 Å². The van der Waals surface area contributed by atoms with Gasteiger partial charge in [0.1, 0.15) is 11.5 Å². The van der Waals surface area contributed by atoms with Gasteiger partial charge in [-0.2, -0.15) is 0 Å². The van der Waals surface area contributed by atoms with Crippen molar-refractivity contribution in [3.05, 3.63) is 23.8 Å². The van der Waals surface area contributed by atoms with Crippen LogP contribution >= 0.6 is 0 Å². The molecule has 3 nitrogen and oxygen atoms in total. The Bertz CT molecular complexity index is 287. The van der Waals surface area contributed by atoms with Crippen LogP contribution in [0.5, 0.6) is 11.5 Å². The number of hydrogen-bond donors (Lipinski definition) is 2. The van der Waals surface area contributed by atoms with Gasteiger partial charge in [0.25, 0.3) is 0 Å². The van der Waals surface area contributed by atoms with Crippen molar-refractivity contribution in [3.8, 4) is 11.5 Å². The number of methoxy groups -OCH3 is 1. The molecule has 0 saturated heterocycles. The predicted molar refractivity (Wildman–Crippen MR) is 56.9 cm³/mol. The Morgan fingerprint density at radius 1 is 1.43 bits per heavy atom. The summed E-state index contributed by atoms with van der Waals surface area (Å²) in [5.74, 6) is 1.14. The van der Waals surface area contributed by atoms with Gasteiger partial charge in [-0.3, -0.25) is 0 Å². The number of ether oxygens (including phenoxy) is 1. The van der Waals surface area contributed by atoms with Crippen LogP contribution < -0.4 is 10.1 Å². The molecule has 0 spiro atoms. The summed E-state index contributed by atoms with van der Waals surface area (Å²) in [5.41, 5.74) is 0.944. The number of hydrogen-bond acceptors (Lipinski definition) is 3. The van der Waals surface area contributed by atoms with Gasteiger partial charge in [0.05, 0.1) is 7.11 Å². The Hall–Kier alpha value is -1.22. The van der Waals surface area contributed by atoms with Crippen molar-refractivity contribution in [3.63, 3.8) is 0 Å². The van der Waals surface area contributed by atoms with Gasteiger partial charge in [0, 0.05) is 0 Å². The molecule has 0 fully saturated rings. The van der Waals surface area contributed by atoms with Crippen molar-refractivity contribution < 1.29 is 9.84 Å². The topological polar surface area (TPSA) is 41.5 Å². The quantitative estimate of drug-likeness (QED) is 0.700. The Kier molecular flexibility index (Phi) is 4.26. The Labute approximate surface area is 84.7 Å². The largest absolute Gasteiger partial charge is 0.508 e. The number of aromatic hydroxyl groups is 1. The van der Waals surface area contributed by atoms with E-state index < -0.39 is 0 Å². The van der Waals surface area contributed by atoms with Crippen LogP contribution in [0.2, 0.25) is 0 Å². The lowest BCUT2D eigenvalue weighted by molar-refractivity contribution is 0.410. The molecule has 0 aromatic heterocycles. The van der Waals surface area contributed by atoms with Gasteiger partial charge in [0.15, 0.2) is 0 Å². The van der Waals surface area contributed by atoms with E-state index in [4.69, 9.17) is 4.74 Å². The van der Waals surface area contributed by atoms with Crippen molar-refractivity contribution in [2.45, 2.75) is 12.8 Å². The summed E-state index contributed by atoms with van der Waals surface area (Å²) >= 11 is 0. The monoisotopic (exact) mass is 195 g/mol. The number of phenolic OH excluding ortho intramolecular Hbond substituents is 1. The first-order valence-electron chi connectivity index (χ1n) is 4.78. The Morgan fingerprint density at radius 2 is 2.21 bits per heavy atom. The normalized spacial score (nSPS) is 10.1. The number of aryl methyl sites for hydroxylation is 1. The summed E-state index contributed by atoms with van der Waals surface area (Å²) in [6.45, 7) is 0.955. The minimum atomic E-state index is 0.349. The van der Waals surface area contributed by atoms with E-state index in [-0.39, 0.29) is 0 Å². The van der Waals surface area contributed by atoms with Gasteiger partial charge < -0.3 is 15.2 Å². The number of benzene rings is 1. The fourth-order valence-corrected chi connectivity index (χ4v) is 1.34. The molecule has 0 saturated carbocycles. The molecule has 0 bridgehead atoms. The average molecular weight is 195 g/mol. The molecular formula is C11H17NO2. The molecule has 0 aliphatic rings. The van der Waals surface area contributed by atoms with E-state index in [9.17, 15) is 5.11 Å². The summed E-state index contributed by atoms with van der Waals surface area (Å²) in [5, 5.41) is 12.6. The van der Waals surface area contributed by atoms with E-state index in [0.29, 0.717) is 5.75 Å². The molecule has 1 aromatic rings. The highest BCUT2D eigenvalue weighted by molar-refractivity contribution is 5.39. The Balaban J connectivity index is 2.64. The highest BCUT2D eigenvalue weighted by Crippen LogP contribution is 2.23. The summed E-state index contributed by atoms with van der Waals surface area (Å²) < 4.78 is 5.09. The smallest absolute Gasteiger partial charge is 0.119 e. The number of rotatable bonds is 5. The van der Waals surface area contributed by atoms with Gasteiger partial charge in [-0.15, -0.1) is 0 Å². The summed E-state index contributed by atoms with van der Waals surface area (Å²) in [6, 6.07) is 5.31. The molecule has 0 amide bonds. The third kappa shape index (κ3) is 2.92. The summed E-state index contributed by atoms with van der Waals surface area (Å²) in [4.78, 5) is 0. The molecule has 1 aromatic carbocycles. The molecule has 0 aliphatic heterocycles. The first-order valence-corrected chi connectivity index (χ1v) is 4.78. The van der Waals surface area contributed by atoms with Gasteiger partial charge in [-0.25, -0.2) is 0 Å². The molecule has 14 heavy (non-hydrogen) atoms. The molecule has 3 heteroatoms. The maximum atomic E-state index is 9.55. The van der Waals surface area contributed by atoms with Crippen LogP contribution in [0.25, 0.3) is 0 Å². The first-order chi connectivity index (χ1) is 6.77. The molecule has 0 radical (unpaired) electrons. The molecule has 0 aliphatic carbocycles. The number of nitrogens with one attached hydrogen (secondary N) is 1. The summed E-state index contributed by atoms with van der Waals surface area (Å²) in [6.07, 6.45) is 1.88. The maximum Gasteiger partial charge on any atom is 0.119 e. The van der Waals surface area contributed by atoms with Gasteiger partial charge >= 0.3 is 0 Å². The maximum absolute atomic E-state index is 9.55. The van der Waals surface area contributed by atoms with E-state index in [1.54, 1.807) is 19.2 Å². The van der Waals surface area contributed by atoms with Gasteiger partial charge in [-0.05, 0) is 50.2 Å². The minimum absolute atomic E-state index is 0.349. The molecule has 1 rings (SSSR count). The average Bonchev–Trinajstić information content (AvgIpc) is 2.21. The van der Waals surface area contributed by atoms with E-state index in [1.165, 1.54) is 0 Å². The zero-order valence-electron chi connectivity index (χ0n) is 8.71. The van der Waals surface area contributed by atoms with Crippen LogP contribution in [0.1, 0.15) is 12.0 Å². The van der Waals surface area contributed by atoms with E-state index in [0.717, 1.165) is 30.7 Å². The third-order valence-corrected chi connectivity index (χ3v) is 2.16. The van der Waals surface area contributed by atoms with Gasteiger partial charge in [0.2, 0.25) is 0 Å². The fraction of sp³-hybridized carbons (Fsp3) is 0.455. The minimum Gasteiger partial charge on any atom is -0.508 e. The second kappa shape index (κ2) is 5.50. The molecule has 0 atom stereocenters. The molecule has 0 heterocycles.